The van der Waals surface area contributed by atoms with Gasteiger partial charge < -0.3 is 18.4 Å². The highest BCUT2D eigenvalue weighted by Gasteiger charge is 2.19. The third-order valence-electron chi connectivity index (χ3n) is 3.21. The smallest absolute Gasteiger partial charge is 0.277 e. The predicted octanol–water partition coefficient (Wildman–Crippen LogP) is 3.30. The summed E-state index contributed by atoms with van der Waals surface area (Å²) in [6.07, 6.45) is 0. The van der Waals surface area contributed by atoms with Crippen LogP contribution in [0.3, 0.4) is 0 Å². The lowest BCUT2D eigenvalue weighted by Gasteiger charge is -2.07. The van der Waals surface area contributed by atoms with Crippen LogP contribution in [0.5, 0.6) is 11.5 Å². The molecule has 0 radical (unpaired) electrons. The van der Waals surface area contributed by atoms with Crippen LogP contribution in [0, 0.1) is 6.92 Å². The van der Waals surface area contributed by atoms with Gasteiger partial charge in [0.05, 0.1) is 19.5 Å². The van der Waals surface area contributed by atoms with E-state index in [1.807, 2.05) is 13.0 Å². The van der Waals surface area contributed by atoms with Gasteiger partial charge in [0.2, 0.25) is 11.8 Å². The summed E-state index contributed by atoms with van der Waals surface area (Å²) in [6, 6.07) is 5.40. The predicted molar refractivity (Wildman–Crippen MR) is 86.1 cm³/mol. The molecule has 0 bridgehead atoms. The Hall–Kier alpha value is -2.55. The molecule has 2 heterocycles. The van der Waals surface area contributed by atoms with Gasteiger partial charge in [-0.2, -0.15) is 4.98 Å². The molecule has 0 saturated carbocycles. The van der Waals surface area contributed by atoms with Gasteiger partial charge in [0.25, 0.3) is 5.22 Å². The molecule has 3 rings (SSSR count). The molecule has 0 aliphatic carbocycles. The van der Waals surface area contributed by atoms with Gasteiger partial charge in [-0.15, -0.1) is 10.2 Å². The maximum Gasteiger partial charge on any atom is 0.277 e. The first-order valence-corrected chi connectivity index (χ1v) is 8.01. The van der Waals surface area contributed by atoms with Crippen LogP contribution in [0.1, 0.15) is 23.9 Å². The zero-order valence-corrected chi connectivity index (χ0v) is 14.5. The van der Waals surface area contributed by atoms with Crippen LogP contribution in [0.15, 0.2) is 32.4 Å². The lowest BCUT2D eigenvalue weighted by Crippen LogP contribution is -1.90. The average molecular weight is 348 g/mol. The van der Waals surface area contributed by atoms with Crippen molar-refractivity contribution < 1.29 is 18.4 Å². The summed E-state index contributed by atoms with van der Waals surface area (Å²) in [7, 11) is 3.16. The monoisotopic (exact) mass is 348 g/mol. The Bertz CT molecular complexity index is 833. The summed E-state index contributed by atoms with van der Waals surface area (Å²) in [5.41, 5.74) is 0.744. The molecule has 126 valence electrons. The first-order chi connectivity index (χ1) is 11.6. The van der Waals surface area contributed by atoms with Crippen molar-refractivity contribution in [2.24, 2.45) is 0 Å². The second-order valence-electron chi connectivity index (χ2n) is 4.88. The molecule has 0 N–H and O–H groups in total. The van der Waals surface area contributed by atoms with Gasteiger partial charge in [-0.05, 0) is 32.0 Å². The summed E-state index contributed by atoms with van der Waals surface area (Å²) >= 11 is 1.35. The van der Waals surface area contributed by atoms with Crippen molar-refractivity contribution in [1.82, 2.24) is 20.3 Å². The summed E-state index contributed by atoms with van der Waals surface area (Å²) in [5, 5.41) is 12.2. The Morgan fingerprint density at radius 3 is 2.58 bits per heavy atom. The highest BCUT2D eigenvalue weighted by Crippen LogP contribution is 2.36. The van der Waals surface area contributed by atoms with Crippen LogP contribution in [-0.2, 0) is 0 Å². The van der Waals surface area contributed by atoms with E-state index in [0.717, 1.165) is 5.56 Å². The first-order valence-electron chi connectivity index (χ1n) is 7.13. The number of rotatable bonds is 6. The molecule has 9 heteroatoms. The zero-order valence-electron chi connectivity index (χ0n) is 13.6. The number of hydrogen-bond acceptors (Lipinski definition) is 9. The Morgan fingerprint density at radius 1 is 1.12 bits per heavy atom. The van der Waals surface area contributed by atoms with E-state index >= 15 is 0 Å². The van der Waals surface area contributed by atoms with E-state index in [-0.39, 0.29) is 5.25 Å². The van der Waals surface area contributed by atoms with Gasteiger partial charge in [-0.25, -0.2) is 0 Å². The maximum atomic E-state index is 5.70. The van der Waals surface area contributed by atoms with Crippen molar-refractivity contribution in [3.8, 4) is 23.0 Å². The van der Waals surface area contributed by atoms with Crippen molar-refractivity contribution in [3.63, 3.8) is 0 Å². The SMILES string of the molecule is COc1ccc(-c2nnc(SC(C)c3nc(C)no3)o2)cc1OC. The van der Waals surface area contributed by atoms with E-state index in [9.17, 15) is 0 Å². The van der Waals surface area contributed by atoms with Gasteiger partial charge in [0.1, 0.15) is 0 Å². The quantitative estimate of drug-likeness (QED) is 0.621. The zero-order chi connectivity index (χ0) is 17.1. The number of methoxy groups -OCH3 is 2. The maximum absolute atomic E-state index is 5.70. The highest BCUT2D eigenvalue weighted by atomic mass is 32.2. The van der Waals surface area contributed by atoms with E-state index in [1.54, 1.807) is 33.3 Å². The van der Waals surface area contributed by atoms with Crippen LogP contribution >= 0.6 is 11.8 Å². The summed E-state index contributed by atoms with van der Waals surface area (Å²) in [4.78, 5) is 4.19. The van der Waals surface area contributed by atoms with Crippen molar-refractivity contribution in [2.75, 3.05) is 14.2 Å². The van der Waals surface area contributed by atoms with Crippen LogP contribution in [-0.4, -0.2) is 34.6 Å². The third kappa shape index (κ3) is 3.35. The molecular weight excluding hydrogens is 332 g/mol. The third-order valence-corrected chi connectivity index (χ3v) is 4.13. The van der Waals surface area contributed by atoms with Gasteiger partial charge >= 0.3 is 0 Å². The van der Waals surface area contributed by atoms with Crippen molar-refractivity contribution in [3.05, 3.63) is 29.9 Å². The van der Waals surface area contributed by atoms with E-state index in [0.29, 0.717) is 34.3 Å². The molecule has 0 fully saturated rings. The van der Waals surface area contributed by atoms with E-state index < -0.39 is 0 Å². The topological polar surface area (TPSA) is 96.3 Å². The van der Waals surface area contributed by atoms with Gasteiger partial charge in [-0.1, -0.05) is 16.9 Å². The summed E-state index contributed by atoms with van der Waals surface area (Å²) < 4.78 is 21.3. The highest BCUT2D eigenvalue weighted by molar-refractivity contribution is 7.99. The fourth-order valence-corrected chi connectivity index (χ4v) is 2.74. The fourth-order valence-electron chi connectivity index (χ4n) is 2.02. The Morgan fingerprint density at radius 2 is 1.92 bits per heavy atom. The molecule has 24 heavy (non-hydrogen) atoms. The van der Waals surface area contributed by atoms with Gasteiger partial charge in [-0.3, -0.25) is 0 Å². The minimum atomic E-state index is -0.0927. The van der Waals surface area contributed by atoms with Crippen LogP contribution in [0.25, 0.3) is 11.5 Å². The van der Waals surface area contributed by atoms with E-state index in [2.05, 4.69) is 20.3 Å². The van der Waals surface area contributed by atoms with E-state index in [4.69, 9.17) is 18.4 Å². The number of thioether (sulfide) groups is 1. The average Bonchev–Trinajstić information content (AvgIpc) is 3.23. The number of benzene rings is 1. The molecule has 0 aliphatic heterocycles. The Labute approximate surface area is 142 Å². The summed E-state index contributed by atoms with van der Waals surface area (Å²) in [6.45, 7) is 3.70. The molecule has 2 aromatic heterocycles. The van der Waals surface area contributed by atoms with Gasteiger partial charge in [0.15, 0.2) is 17.3 Å². The first kappa shape index (κ1) is 16.3. The molecule has 8 nitrogen and oxygen atoms in total. The largest absolute Gasteiger partial charge is 0.493 e. The minimum Gasteiger partial charge on any atom is -0.493 e. The standard InChI is InChI=1S/C15H16N4O4S/c1-8(13-16-9(2)19-23-13)24-15-18-17-14(22-15)10-5-6-11(20-3)12(7-10)21-4/h5-8H,1-4H3. The number of aryl methyl sites for hydroxylation is 1. The molecule has 0 amide bonds. The second kappa shape index (κ2) is 6.91. The minimum absolute atomic E-state index is 0.0927. The molecule has 0 spiro atoms. The lowest BCUT2D eigenvalue weighted by atomic mass is 10.2. The molecular formula is C15H16N4O4S. The van der Waals surface area contributed by atoms with Gasteiger partial charge in [0, 0.05) is 5.56 Å². The Balaban J connectivity index is 1.78. The van der Waals surface area contributed by atoms with Crippen molar-refractivity contribution in [1.29, 1.82) is 0 Å². The molecule has 1 aromatic carbocycles. The van der Waals surface area contributed by atoms with Crippen molar-refractivity contribution in [2.45, 2.75) is 24.3 Å². The number of hydrogen-bond donors (Lipinski definition) is 0. The number of aromatic nitrogens is 4. The van der Waals surface area contributed by atoms with Crippen LogP contribution in [0.2, 0.25) is 0 Å². The summed E-state index contributed by atoms with van der Waals surface area (Å²) in [5.74, 6) is 2.73. The van der Waals surface area contributed by atoms with Crippen molar-refractivity contribution >= 4 is 11.8 Å². The fraction of sp³-hybridized carbons (Fsp3) is 0.333. The molecule has 3 aromatic rings. The Kier molecular flexibility index (Phi) is 4.70. The molecule has 0 saturated heterocycles. The second-order valence-corrected chi connectivity index (χ2v) is 6.17. The normalized spacial score (nSPS) is 12.2. The van der Waals surface area contributed by atoms with E-state index in [1.165, 1.54) is 11.8 Å². The number of nitrogens with zero attached hydrogens (tertiary/aromatic N) is 4. The van der Waals surface area contributed by atoms with Crippen LogP contribution < -0.4 is 9.47 Å². The molecule has 1 unspecified atom stereocenters. The number of ether oxygens (including phenoxy) is 2. The van der Waals surface area contributed by atoms with Crippen LogP contribution in [0.4, 0.5) is 0 Å². The molecule has 1 atom stereocenters. The molecule has 0 aliphatic rings. The lowest BCUT2D eigenvalue weighted by molar-refractivity contribution is 0.355.